The molecule has 2 heterocycles. The van der Waals surface area contributed by atoms with Crippen molar-refractivity contribution in [1.82, 2.24) is 9.96 Å². The lowest BCUT2D eigenvalue weighted by atomic mass is 9.91. The third-order valence-corrected chi connectivity index (χ3v) is 7.20. The Morgan fingerprint density at radius 3 is 1.91 bits per heavy atom. The van der Waals surface area contributed by atoms with Gasteiger partial charge in [0.1, 0.15) is 6.04 Å². The molecule has 180 valence electrons. The van der Waals surface area contributed by atoms with Gasteiger partial charge in [-0.15, -0.1) is 0 Å². The lowest BCUT2D eigenvalue weighted by molar-refractivity contribution is -0.142. The summed E-state index contributed by atoms with van der Waals surface area (Å²) in [4.78, 5) is 26.4. The van der Waals surface area contributed by atoms with Crippen LogP contribution < -0.4 is 0 Å². The van der Waals surface area contributed by atoms with E-state index < -0.39 is 31.9 Å². The molecular weight excluding hydrogens is 471 g/mol. The Morgan fingerprint density at radius 2 is 1.37 bits per heavy atom. The van der Waals surface area contributed by atoms with E-state index >= 15 is 0 Å². The number of hydrogen-bond acceptors (Lipinski definition) is 6. The molecule has 1 fully saturated rings. The molecule has 0 aromatic heterocycles. The maximum atomic E-state index is 13.8. The first kappa shape index (κ1) is 23.3. The van der Waals surface area contributed by atoms with Crippen LogP contribution in [0.15, 0.2) is 84.9 Å². The molecule has 3 aromatic rings. The topological polar surface area (TPSA) is 106 Å². The van der Waals surface area contributed by atoms with Gasteiger partial charge < -0.3 is 10.0 Å². The smallest absolute Gasteiger partial charge is 0.479 e. The van der Waals surface area contributed by atoms with Gasteiger partial charge in [0.05, 0.1) is 19.8 Å². The number of hydroxylamine groups is 2. The van der Waals surface area contributed by atoms with Crippen LogP contribution in [-0.4, -0.2) is 33.6 Å². The van der Waals surface area contributed by atoms with Crippen LogP contribution in [0.4, 0.5) is 4.79 Å². The molecule has 1 saturated heterocycles. The van der Waals surface area contributed by atoms with E-state index in [4.69, 9.17) is 13.7 Å². The average Bonchev–Trinajstić information content (AvgIpc) is 3.14. The summed E-state index contributed by atoms with van der Waals surface area (Å²) in [5.41, 5.74) is 2.58. The molecule has 1 N–H and O–H groups in total. The molecule has 3 aromatic carbocycles. The summed E-state index contributed by atoms with van der Waals surface area (Å²) >= 11 is 0. The fraction of sp³-hybridized carbons (Fsp3) is 0.200. The first-order chi connectivity index (χ1) is 17.0. The molecule has 5 rings (SSSR count). The lowest BCUT2D eigenvalue weighted by Crippen LogP contribution is -2.38. The summed E-state index contributed by atoms with van der Waals surface area (Å²) in [6.07, 6.45) is 0. The second kappa shape index (κ2) is 9.64. The third kappa shape index (κ3) is 4.72. The van der Waals surface area contributed by atoms with Crippen molar-refractivity contribution in [2.24, 2.45) is 0 Å². The minimum absolute atomic E-state index is 0.0718. The van der Waals surface area contributed by atoms with Crippen LogP contribution in [0.25, 0.3) is 0 Å². The van der Waals surface area contributed by atoms with Crippen molar-refractivity contribution in [1.29, 1.82) is 0 Å². The van der Waals surface area contributed by atoms with Crippen LogP contribution >= 0.6 is 7.82 Å². The fourth-order valence-electron chi connectivity index (χ4n) is 4.28. The predicted molar refractivity (Wildman–Crippen MR) is 125 cm³/mol. The second-order valence-corrected chi connectivity index (χ2v) is 9.77. The third-order valence-electron chi connectivity index (χ3n) is 5.93. The number of fused-ring (bicyclic) bond motifs is 4. The minimum atomic E-state index is -4.31. The van der Waals surface area contributed by atoms with Gasteiger partial charge in [-0.05, 0) is 22.3 Å². The van der Waals surface area contributed by atoms with Gasteiger partial charge in [-0.1, -0.05) is 84.9 Å². The molecule has 2 aliphatic heterocycles. The van der Waals surface area contributed by atoms with Gasteiger partial charge in [-0.3, -0.25) is 9.05 Å². The number of benzene rings is 3. The van der Waals surface area contributed by atoms with E-state index in [0.29, 0.717) is 11.1 Å². The number of rotatable bonds is 9. The number of carboxylic acid groups (broad SMARTS) is 1. The Hall–Kier alpha value is -3.49. The number of phosphoric ester groups is 1. The number of phosphoric acid groups is 1. The van der Waals surface area contributed by atoms with Crippen molar-refractivity contribution in [3.05, 3.63) is 107 Å². The number of nitrogens with zero attached hydrogens (tertiary/aromatic N) is 2. The van der Waals surface area contributed by atoms with Gasteiger partial charge in [-0.2, -0.15) is 9.69 Å². The van der Waals surface area contributed by atoms with E-state index in [2.05, 4.69) is 0 Å². The Balaban J connectivity index is 1.43. The van der Waals surface area contributed by atoms with Gasteiger partial charge >= 0.3 is 19.8 Å². The number of amides is 2. The van der Waals surface area contributed by atoms with Crippen LogP contribution in [0.5, 0.6) is 0 Å². The van der Waals surface area contributed by atoms with Gasteiger partial charge in [0.25, 0.3) is 0 Å². The molecule has 2 unspecified atom stereocenters. The molecule has 2 amide bonds. The van der Waals surface area contributed by atoms with E-state index in [9.17, 15) is 19.3 Å². The molecular formula is C25H23N2O7P. The van der Waals surface area contributed by atoms with Gasteiger partial charge in [0, 0.05) is 0 Å². The van der Waals surface area contributed by atoms with E-state index in [1.54, 1.807) is 48.5 Å². The lowest BCUT2D eigenvalue weighted by Gasteiger charge is -2.30. The number of hydrogen-bond donors (Lipinski definition) is 1. The van der Waals surface area contributed by atoms with Gasteiger partial charge in [0.2, 0.25) is 0 Å². The molecule has 9 nitrogen and oxygen atoms in total. The summed E-state index contributed by atoms with van der Waals surface area (Å²) in [6, 6.07) is 22.5. The highest BCUT2D eigenvalue weighted by Crippen LogP contribution is 2.55. The first-order valence-electron chi connectivity index (χ1n) is 11.0. The molecule has 0 spiro atoms. The zero-order valence-corrected chi connectivity index (χ0v) is 19.5. The van der Waals surface area contributed by atoms with E-state index in [1.807, 2.05) is 36.4 Å². The number of carbonyl (C=O) groups excluding carboxylic acids is 1. The summed E-state index contributed by atoms with van der Waals surface area (Å²) < 4.78 is 30.8. The number of carbonyl (C=O) groups is 2. The van der Waals surface area contributed by atoms with Crippen molar-refractivity contribution in [2.75, 3.05) is 6.54 Å². The van der Waals surface area contributed by atoms with Crippen molar-refractivity contribution >= 4 is 19.8 Å². The maximum Gasteiger partial charge on any atom is 0.497 e. The van der Waals surface area contributed by atoms with Crippen LogP contribution in [0.2, 0.25) is 0 Å². The van der Waals surface area contributed by atoms with E-state index in [1.165, 1.54) is 4.90 Å². The van der Waals surface area contributed by atoms with Crippen molar-refractivity contribution < 1.29 is 32.9 Å². The highest BCUT2D eigenvalue weighted by atomic mass is 31.2. The fourth-order valence-corrected chi connectivity index (χ4v) is 5.46. The van der Waals surface area contributed by atoms with Crippen molar-refractivity contribution in [2.45, 2.75) is 25.3 Å². The normalized spacial score (nSPS) is 19.0. The molecule has 0 aliphatic carbocycles. The molecule has 10 heteroatoms. The molecule has 2 bridgehead atoms. The maximum absolute atomic E-state index is 13.8. The Morgan fingerprint density at radius 1 is 0.857 bits per heavy atom. The molecule has 0 saturated carbocycles. The number of aliphatic carboxylic acids is 1. The minimum Gasteiger partial charge on any atom is -0.479 e. The largest absolute Gasteiger partial charge is 0.497 e. The Bertz CT molecular complexity index is 1220. The summed E-state index contributed by atoms with van der Waals surface area (Å²) in [5, 5.41) is 10.7. The first-order valence-corrected chi connectivity index (χ1v) is 12.5. The summed E-state index contributed by atoms with van der Waals surface area (Å²) in [6.45, 7) is -0.0699. The molecule has 0 radical (unpaired) electrons. The summed E-state index contributed by atoms with van der Waals surface area (Å²) in [7, 11) is -4.31. The Labute approximate surface area is 202 Å². The molecule has 35 heavy (non-hydrogen) atoms. The van der Waals surface area contributed by atoms with Crippen LogP contribution in [0.3, 0.4) is 0 Å². The van der Waals surface area contributed by atoms with E-state index in [-0.39, 0.29) is 19.8 Å². The van der Waals surface area contributed by atoms with Crippen LogP contribution in [-0.2, 0) is 36.2 Å². The van der Waals surface area contributed by atoms with Crippen LogP contribution in [0, 0.1) is 0 Å². The SMILES string of the molecule is O=C(O)C1c2ccccc2C2CN1C(=O)N2OP(=O)(OCc1ccccc1)OCc1ccccc1. The molecule has 2 aliphatic rings. The highest BCUT2D eigenvalue weighted by molar-refractivity contribution is 7.48. The quantitative estimate of drug-likeness (QED) is 0.414. The van der Waals surface area contributed by atoms with Crippen molar-refractivity contribution in [3.63, 3.8) is 0 Å². The zero-order valence-electron chi connectivity index (χ0n) is 18.6. The predicted octanol–water partition coefficient (Wildman–Crippen LogP) is 5.08. The van der Waals surface area contributed by atoms with Gasteiger partial charge in [0.15, 0.2) is 6.04 Å². The van der Waals surface area contributed by atoms with Crippen molar-refractivity contribution in [3.8, 4) is 0 Å². The number of carboxylic acids is 1. The van der Waals surface area contributed by atoms with E-state index in [0.717, 1.165) is 16.2 Å². The standard InChI is InChI=1S/C25H23N2O7P/c28-24(29)23-21-14-8-7-13-20(21)22-15-26(23)25(30)27(22)34-35(31,32-16-18-9-3-1-4-10-18)33-17-19-11-5-2-6-12-19/h1-14,22-23H,15-17H2,(H,28,29). The zero-order chi connectivity index (χ0) is 24.4. The average molecular weight is 494 g/mol. The highest BCUT2D eigenvalue weighted by Gasteiger charge is 2.53. The van der Waals surface area contributed by atoms with Gasteiger partial charge in [-0.25, -0.2) is 14.2 Å². The second-order valence-electron chi connectivity index (χ2n) is 8.19. The molecule has 2 atom stereocenters. The summed E-state index contributed by atoms with van der Waals surface area (Å²) in [5.74, 6) is -1.16. The number of urea groups is 1. The monoisotopic (exact) mass is 494 g/mol. The Kier molecular flexibility index (Phi) is 6.40. The van der Waals surface area contributed by atoms with Crippen LogP contribution in [0.1, 0.15) is 34.3 Å².